The molecule has 0 radical (unpaired) electrons. The van der Waals surface area contributed by atoms with Gasteiger partial charge in [0.2, 0.25) is 0 Å². The van der Waals surface area contributed by atoms with Crippen molar-refractivity contribution in [2.75, 3.05) is 6.61 Å². The van der Waals surface area contributed by atoms with Gasteiger partial charge in [0, 0.05) is 5.56 Å². The molecule has 124 valence electrons. The van der Waals surface area contributed by atoms with Crippen LogP contribution in [0.15, 0.2) is 90.0 Å². The van der Waals surface area contributed by atoms with Gasteiger partial charge in [-0.3, -0.25) is 4.79 Å². The lowest BCUT2D eigenvalue weighted by atomic mass is 10.1. The van der Waals surface area contributed by atoms with Crippen molar-refractivity contribution in [3.8, 4) is 16.9 Å². The lowest BCUT2D eigenvalue weighted by molar-refractivity contribution is -0.123. The summed E-state index contributed by atoms with van der Waals surface area (Å²) >= 11 is 0. The van der Waals surface area contributed by atoms with Crippen molar-refractivity contribution in [3.63, 3.8) is 0 Å². The monoisotopic (exact) mass is 330 g/mol. The van der Waals surface area contributed by atoms with Crippen LogP contribution in [0.5, 0.6) is 5.75 Å². The van der Waals surface area contributed by atoms with Crippen LogP contribution in [0, 0.1) is 0 Å². The fourth-order valence-corrected chi connectivity index (χ4v) is 2.34. The van der Waals surface area contributed by atoms with E-state index in [0.717, 1.165) is 16.7 Å². The van der Waals surface area contributed by atoms with Crippen molar-refractivity contribution in [1.82, 2.24) is 5.43 Å². The first kappa shape index (κ1) is 16.5. The molecule has 0 aliphatic heterocycles. The Kier molecular flexibility index (Phi) is 5.56. The zero-order chi connectivity index (χ0) is 17.3. The Bertz CT molecular complexity index is 846. The number of hydrazone groups is 1. The molecule has 3 aromatic carbocycles. The van der Waals surface area contributed by atoms with Crippen molar-refractivity contribution in [2.45, 2.75) is 0 Å². The average Bonchev–Trinajstić information content (AvgIpc) is 2.68. The van der Waals surface area contributed by atoms with E-state index in [1.807, 2.05) is 84.9 Å². The van der Waals surface area contributed by atoms with Crippen molar-refractivity contribution in [3.05, 3.63) is 90.5 Å². The third-order valence-corrected chi connectivity index (χ3v) is 3.53. The van der Waals surface area contributed by atoms with E-state index in [9.17, 15) is 4.79 Å². The summed E-state index contributed by atoms with van der Waals surface area (Å²) in [5.41, 5.74) is 5.37. The van der Waals surface area contributed by atoms with E-state index in [1.165, 1.54) is 0 Å². The highest BCUT2D eigenvalue weighted by Crippen LogP contribution is 2.29. The molecule has 0 heterocycles. The highest BCUT2D eigenvalue weighted by Gasteiger charge is 2.07. The molecule has 0 saturated heterocycles. The number of para-hydroxylation sites is 1. The minimum Gasteiger partial charge on any atom is -0.483 e. The molecule has 3 aromatic rings. The van der Waals surface area contributed by atoms with Gasteiger partial charge < -0.3 is 4.74 Å². The van der Waals surface area contributed by atoms with E-state index < -0.39 is 0 Å². The summed E-state index contributed by atoms with van der Waals surface area (Å²) in [5, 5.41) is 3.93. The Morgan fingerprint density at radius 1 is 0.880 bits per heavy atom. The largest absolute Gasteiger partial charge is 0.483 e. The number of nitrogens with zero attached hydrogens (tertiary/aromatic N) is 1. The van der Waals surface area contributed by atoms with Crippen LogP contribution in [0.2, 0.25) is 0 Å². The number of amides is 1. The first-order chi connectivity index (χ1) is 12.3. The molecule has 4 heteroatoms. The summed E-state index contributed by atoms with van der Waals surface area (Å²) < 4.78 is 5.67. The maximum Gasteiger partial charge on any atom is 0.277 e. The molecule has 0 bridgehead atoms. The van der Waals surface area contributed by atoms with E-state index in [2.05, 4.69) is 10.5 Å². The Morgan fingerprint density at radius 3 is 2.28 bits per heavy atom. The average molecular weight is 330 g/mol. The number of carbonyl (C=O) groups is 1. The third-order valence-electron chi connectivity index (χ3n) is 3.53. The van der Waals surface area contributed by atoms with Gasteiger partial charge in [0.05, 0.1) is 6.21 Å². The van der Waals surface area contributed by atoms with Crippen LogP contribution in [0.3, 0.4) is 0 Å². The fraction of sp³-hybridized carbons (Fsp3) is 0.0476. The van der Waals surface area contributed by atoms with Crippen molar-refractivity contribution in [1.29, 1.82) is 0 Å². The minimum absolute atomic E-state index is 0.101. The second kappa shape index (κ2) is 8.45. The zero-order valence-corrected chi connectivity index (χ0v) is 13.6. The van der Waals surface area contributed by atoms with Gasteiger partial charge in [-0.15, -0.1) is 0 Å². The number of ether oxygens (including phenoxy) is 1. The Labute approximate surface area is 146 Å². The highest BCUT2D eigenvalue weighted by atomic mass is 16.5. The van der Waals surface area contributed by atoms with Crippen LogP contribution < -0.4 is 10.2 Å². The van der Waals surface area contributed by atoms with Gasteiger partial charge in [-0.05, 0) is 17.2 Å². The van der Waals surface area contributed by atoms with Crippen molar-refractivity contribution < 1.29 is 9.53 Å². The van der Waals surface area contributed by atoms with Crippen LogP contribution in [0.1, 0.15) is 5.56 Å². The topological polar surface area (TPSA) is 50.7 Å². The molecule has 0 aromatic heterocycles. The number of carbonyl (C=O) groups excluding carboxylic acids is 1. The number of nitrogens with one attached hydrogen (secondary N) is 1. The van der Waals surface area contributed by atoms with Gasteiger partial charge in [-0.25, -0.2) is 5.43 Å². The lowest BCUT2D eigenvalue weighted by Gasteiger charge is -2.10. The summed E-state index contributed by atoms with van der Waals surface area (Å²) in [6.45, 7) is -0.101. The van der Waals surface area contributed by atoms with Gasteiger partial charge in [0.25, 0.3) is 5.91 Å². The van der Waals surface area contributed by atoms with Crippen LogP contribution in [0.4, 0.5) is 0 Å². The summed E-state index contributed by atoms with van der Waals surface area (Å²) in [5.74, 6) is 0.353. The van der Waals surface area contributed by atoms with E-state index in [1.54, 1.807) is 6.21 Å². The number of benzene rings is 3. The first-order valence-corrected chi connectivity index (χ1v) is 7.97. The Balaban J connectivity index is 1.59. The summed E-state index contributed by atoms with van der Waals surface area (Å²) in [4.78, 5) is 11.9. The Hall–Kier alpha value is -3.40. The molecule has 0 aliphatic carbocycles. The van der Waals surface area contributed by atoms with E-state index in [0.29, 0.717) is 5.75 Å². The van der Waals surface area contributed by atoms with Crippen LogP contribution in [-0.2, 0) is 4.79 Å². The summed E-state index contributed by atoms with van der Waals surface area (Å²) in [6.07, 6.45) is 1.59. The van der Waals surface area contributed by atoms with E-state index >= 15 is 0 Å². The molecule has 1 N–H and O–H groups in total. The van der Waals surface area contributed by atoms with Gasteiger partial charge in [-0.1, -0.05) is 78.9 Å². The minimum atomic E-state index is -0.310. The number of hydrogen-bond acceptors (Lipinski definition) is 3. The summed E-state index contributed by atoms with van der Waals surface area (Å²) in [6, 6.07) is 27.1. The molecule has 25 heavy (non-hydrogen) atoms. The SMILES string of the molecule is O=C(COc1ccccc1-c1ccccc1)N/N=C/c1ccccc1. The van der Waals surface area contributed by atoms with Crippen molar-refractivity contribution >= 4 is 12.1 Å². The van der Waals surface area contributed by atoms with Crippen LogP contribution in [-0.4, -0.2) is 18.7 Å². The second-order valence-electron chi connectivity index (χ2n) is 5.35. The van der Waals surface area contributed by atoms with Crippen LogP contribution >= 0.6 is 0 Å². The Morgan fingerprint density at radius 2 is 1.52 bits per heavy atom. The molecule has 0 spiro atoms. The molecule has 4 nitrogen and oxygen atoms in total. The normalized spacial score (nSPS) is 10.6. The van der Waals surface area contributed by atoms with Crippen LogP contribution in [0.25, 0.3) is 11.1 Å². The van der Waals surface area contributed by atoms with E-state index in [4.69, 9.17) is 4.74 Å². The molecule has 0 atom stereocenters. The van der Waals surface area contributed by atoms with E-state index in [-0.39, 0.29) is 12.5 Å². The third kappa shape index (κ3) is 4.78. The van der Waals surface area contributed by atoms with Gasteiger partial charge >= 0.3 is 0 Å². The molecule has 0 aliphatic rings. The maximum atomic E-state index is 11.9. The molecule has 3 rings (SSSR count). The molecule has 0 saturated carbocycles. The number of hydrogen-bond donors (Lipinski definition) is 1. The standard InChI is InChI=1S/C21H18N2O2/c24-21(23-22-15-17-9-3-1-4-10-17)16-25-20-14-8-7-13-19(20)18-11-5-2-6-12-18/h1-15H,16H2,(H,23,24)/b22-15+. The summed E-state index contributed by atoms with van der Waals surface area (Å²) in [7, 11) is 0. The quantitative estimate of drug-likeness (QED) is 0.551. The van der Waals surface area contributed by atoms with Gasteiger partial charge in [-0.2, -0.15) is 5.10 Å². The smallest absolute Gasteiger partial charge is 0.277 e. The maximum absolute atomic E-state index is 11.9. The molecule has 0 unspecified atom stereocenters. The number of rotatable bonds is 6. The van der Waals surface area contributed by atoms with Gasteiger partial charge in [0.15, 0.2) is 6.61 Å². The van der Waals surface area contributed by atoms with Gasteiger partial charge in [0.1, 0.15) is 5.75 Å². The second-order valence-corrected chi connectivity index (χ2v) is 5.35. The first-order valence-electron chi connectivity index (χ1n) is 7.97. The predicted octanol–water partition coefficient (Wildman–Crippen LogP) is 3.88. The molecule has 0 fully saturated rings. The van der Waals surface area contributed by atoms with Crippen molar-refractivity contribution in [2.24, 2.45) is 5.10 Å². The molecular formula is C21H18N2O2. The predicted molar refractivity (Wildman–Crippen MR) is 99.6 cm³/mol. The molecule has 1 amide bonds. The fourth-order valence-electron chi connectivity index (χ4n) is 2.34. The lowest BCUT2D eigenvalue weighted by Crippen LogP contribution is -2.24. The zero-order valence-electron chi connectivity index (χ0n) is 13.6. The molecular weight excluding hydrogens is 312 g/mol. The highest BCUT2D eigenvalue weighted by molar-refractivity contribution is 5.83.